The summed E-state index contributed by atoms with van der Waals surface area (Å²) in [5.41, 5.74) is 1.75. The van der Waals surface area contributed by atoms with Gasteiger partial charge < -0.3 is 40.5 Å². The van der Waals surface area contributed by atoms with Gasteiger partial charge in [0.1, 0.15) is 29.6 Å². The van der Waals surface area contributed by atoms with Crippen molar-refractivity contribution in [2.24, 2.45) is 5.92 Å². The largest absolute Gasteiger partial charge is 0.480 e. The number of hydrogen-bond acceptors (Lipinski definition) is 12. The molecule has 15 nitrogen and oxygen atoms in total. The highest BCUT2D eigenvalue weighted by molar-refractivity contribution is 6.23. The van der Waals surface area contributed by atoms with Gasteiger partial charge in [0.05, 0.1) is 59.5 Å². The molecule has 5 aliphatic heterocycles. The number of carbonyl (C=O) groups is 3. The summed E-state index contributed by atoms with van der Waals surface area (Å²) < 4.78 is 44.3. The average Bonchev–Trinajstić information content (AvgIpc) is 4.05. The van der Waals surface area contributed by atoms with Crippen LogP contribution in [0.15, 0.2) is 60.9 Å². The molecule has 4 aromatic rings. The quantitative estimate of drug-likeness (QED) is 0.0945. The normalized spacial score (nSPS) is 25.1. The maximum atomic E-state index is 15.5. The predicted octanol–water partition coefficient (Wildman–Crippen LogP) is 5.07. The molecule has 1 aromatic heterocycles. The molecule has 17 heteroatoms. The number of aromatic nitrogens is 2. The van der Waals surface area contributed by atoms with E-state index in [-0.39, 0.29) is 65.9 Å². The number of carbonyl (C=O) groups excluding carboxylic acids is 3. The summed E-state index contributed by atoms with van der Waals surface area (Å²) >= 11 is 0. The van der Waals surface area contributed by atoms with Crippen LogP contribution in [0.5, 0.6) is 5.75 Å². The first-order chi connectivity index (χ1) is 32.4. The van der Waals surface area contributed by atoms with Gasteiger partial charge in [0, 0.05) is 68.1 Å². The number of nitrogens with one attached hydrogen (secondary N) is 3. The summed E-state index contributed by atoms with van der Waals surface area (Å²) in [6.07, 6.45) is 6.67. The maximum absolute atomic E-state index is 15.5. The van der Waals surface area contributed by atoms with Crippen molar-refractivity contribution in [3.8, 4) is 28.7 Å². The zero-order valence-electron chi connectivity index (χ0n) is 37.5. The van der Waals surface area contributed by atoms with Crippen LogP contribution in [0.25, 0.3) is 11.1 Å². The number of piperidine rings is 2. The number of para-hydroxylation sites is 1. The summed E-state index contributed by atoms with van der Waals surface area (Å²) in [7, 11) is 0. The number of benzene rings is 3. The number of nitrogens with zero attached hydrogens (tertiary/aromatic N) is 5. The zero-order chi connectivity index (χ0) is 46.5. The van der Waals surface area contributed by atoms with Crippen molar-refractivity contribution >= 4 is 29.1 Å². The summed E-state index contributed by atoms with van der Waals surface area (Å²) in [5.74, 6) is 3.15. The van der Waals surface area contributed by atoms with Crippen LogP contribution < -0.4 is 20.7 Å². The lowest BCUT2D eigenvalue weighted by molar-refractivity contribution is -0.135. The van der Waals surface area contributed by atoms with Gasteiger partial charge in [-0.3, -0.25) is 28.9 Å². The molecule has 5 atom stereocenters. The van der Waals surface area contributed by atoms with Gasteiger partial charge >= 0.3 is 0 Å². The molecule has 67 heavy (non-hydrogen) atoms. The second kappa shape index (κ2) is 18.3. The highest BCUT2D eigenvalue weighted by atomic mass is 19.1. The number of aliphatic hydroxyl groups is 2. The molecule has 3 aromatic carbocycles. The van der Waals surface area contributed by atoms with Crippen molar-refractivity contribution in [1.82, 2.24) is 29.8 Å². The monoisotopic (exact) mass is 918 g/mol. The van der Waals surface area contributed by atoms with Crippen molar-refractivity contribution in [3.05, 3.63) is 94.8 Å². The van der Waals surface area contributed by atoms with Crippen LogP contribution in [0.4, 0.5) is 20.2 Å². The Morgan fingerprint density at radius 3 is 2.52 bits per heavy atom. The number of morpholine rings is 1. The first kappa shape index (κ1) is 44.9. The molecule has 3 saturated heterocycles. The molecular weight excluding hydrogens is 863 g/mol. The lowest BCUT2D eigenvalue weighted by atomic mass is 9.88. The van der Waals surface area contributed by atoms with E-state index >= 15 is 8.78 Å². The fourth-order valence-electron chi connectivity index (χ4n) is 10.8. The van der Waals surface area contributed by atoms with Crippen LogP contribution in [-0.2, 0) is 16.1 Å². The van der Waals surface area contributed by atoms with Gasteiger partial charge in [-0.05, 0) is 94.3 Å². The van der Waals surface area contributed by atoms with Crippen molar-refractivity contribution in [1.29, 1.82) is 0 Å². The summed E-state index contributed by atoms with van der Waals surface area (Å²) in [6, 6.07) is 13.5. The van der Waals surface area contributed by atoms with E-state index in [0.29, 0.717) is 63.2 Å². The maximum Gasteiger partial charge on any atom is 0.266 e. The molecular formula is C50H56F2N8O7. The van der Waals surface area contributed by atoms with E-state index in [0.717, 1.165) is 60.7 Å². The van der Waals surface area contributed by atoms with Crippen molar-refractivity contribution in [3.63, 3.8) is 0 Å². The molecule has 3 amide bonds. The zero-order valence-corrected chi connectivity index (χ0v) is 37.5. The Labute approximate surface area is 387 Å². The third-order valence-corrected chi connectivity index (χ3v) is 14.6. The van der Waals surface area contributed by atoms with Crippen LogP contribution in [0.2, 0.25) is 0 Å². The number of anilines is 2. The van der Waals surface area contributed by atoms with Crippen molar-refractivity contribution in [2.45, 2.75) is 87.9 Å². The Kier molecular flexibility index (Phi) is 12.3. The molecule has 4 fully saturated rings. The molecule has 6 heterocycles. The minimum Gasteiger partial charge on any atom is -0.480 e. The number of fused-ring (bicyclic) bond motifs is 4. The van der Waals surface area contributed by atoms with E-state index < -0.39 is 40.8 Å². The summed E-state index contributed by atoms with van der Waals surface area (Å²) in [6.45, 7) is 7.35. The smallest absolute Gasteiger partial charge is 0.266 e. The molecule has 2 bridgehead atoms. The van der Waals surface area contributed by atoms with Gasteiger partial charge in [-0.25, -0.2) is 8.78 Å². The minimum atomic E-state index is -1.35. The number of ether oxygens (including phenoxy) is 2. The summed E-state index contributed by atoms with van der Waals surface area (Å²) in [4.78, 5) is 45.1. The van der Waals surface area contributed by atoms with Gasteiger partial charge in [-0.15, -0.1) is 0 Å². The first-order valence-electron chi connectivity index (χ1n) is 23.4. The van der Waals surface area contributed by atoms with Crippen molar-refractivity contribution in [2.75, 3.05) is 69.7 Å². The third-order valence-electron chi connectivity index (χ3n) is 14.6. The number of rotatable bonds is 12. The van der Waals surface area contributed by atoms with E-state index in [1.54, 1.807) is 25.1 Å². The molecule has 0 radical (unpaired) electrons. The molecule has 10 rings (SSSR count). The molecule has 6 aliphatic rings. The molecule has 1 aliphatic carbocycles. The van der Waals surface area contributed by atoms with E-state index in [9.17, 15) is 24.6 Å². The van der Waals surface area contributed by atoms with Gasteiger partial charge in [-0.2, -0.15) is 5.10 Å². The van der Waals surface area contributed by atoms with E-state index in [2.05, 4.69) is 43.6 Å². The Morgan fingerprint density at radius 2 is 1.73 bits per heavy atom. The van der Waals surface area contributed by atoms with Gasteiger partial charge in [0.2, 0.25) is 5.91 Å². The van der Waals surface area contributed by atoms with Crippen LogP contribution in [-0.4, -0.2) is 129 Å². The standard InChI is InChI=1S/C50H56F2N8O7/c1-49(65,14-5-21-67-42-9-3-7-36-43(42)47(63)60(46(36)62)50-15-10-31(26-50)45(61)56-48(50)64)13-4-16-57-17-11-34(12-18-57)59-29-33(27-54-59)41-28-53-40-8-2-6-35(44(40)55-41)32-24-38(51)37(39(52)25-32)30-58-19-22-66-23-20-58/h2-3,6-9,24-25,27,29,31,34,41,48,53,55,64-65H,4,10-13,15-23,26,28,30H2,1H3,(H,56,61). The summed E-state index contributed by atoms with van der Waals surface area (Å²) in [5, 5.41) is 36.4. The number of hydrogen-bond donors (Lipinski definition) is 5. The van der Waals surface area contributed by atoms with Gasteiger partial charge in [0.15, 0.2) is 6.23 Å². The van der Waals surface area contributed by atoms with Gasteiger partial charge in [0.25, 0.3) is 11.8 Å². The predicted molar refractivity (Wildman–Crippen MR) is 244 cm³/mol. The number of imide groups is 1. The van der Waals surface area contributed by atoms with E-state index in [4.69, 9.17) is 14.6 Å². The Hall–Kier alpha value is -5.90. The fraction of sp³-hybridized carbons (Fsp3) is 0.480. The number of halogens is 2. The lowest BCUT2D eigenvalue weighted by Crippen LogP contribution is -2.65. The highest BCUT2D eigenvalue weighted by Gasteiger charge is 2.60. The minimum absolute atomic E-state index is 0.0721. The Balaban J connectivity index is 0.692. The number of likely N-dealkylation sites (tertiary alicyclic amines) is 1. The van der Waals surface area contributed by atoms with Crippen LogP contribution in [0, 0.1) is 29.4 Å². The van der Waals surface area contributed by atoms with Crippen LogP contribution >= 0.6 is 0 Å². The second-order valence-corrected chi connectivity index (χ2v) is 19.0. The molecule has 352 valence electrons. The molecule has 0 spiro atoms. The van der Waals surface area contributed by atoms with Crippen LogP contribution in [0.1, 0.15) is 95.8 Å². The first-order valence-corrected chi connectivity index (χ1v) is 23.4. The van der Waals surface area contributed by atoms with Crippen LogP contribution in [0.3, 0.4) is 0 Å². The Morgan fingerprint density at radius 1 is 0.970 bits per heavy atom. The molecule has 5 N–H and O–H groups in total. The Bertz CT molecular complexity index is 2610. The average molecular weight is 919 g/mol. The fourth-order valence-corrected chi connectivity index (χ4v) is 10.8. The van der Waals surface area contributed by atoms with E-state index in [1.807, 2.05) is 29.3 Å². The van der Waals surface area contributed by atoms with Crippen molar-refractivity contribution < 1.29 is 42.9 Å². The number of amides is 3. The SMILES string of the molecule is CC(O)(C#CCOc1cccc2c1C(=O)N(C13CCC(C1)C(=O)NC3O)C2=O)CCCN1CCC(n2cc(C3CNc4cccc(-c5cc(F)c(CN6CCOCC6)c(F)c5)c4N3)cn2)CC1. The third kappa shape index (κ3) is 8.77. The van der Waals surface area contributed by atoms with E-state index in [1.165, 1.54) is 12.1 Å². The second-order valence-electron chi connectivity index (χ2n) is 19.0. The topological polar surface area (TPSA) is 174 Å². The lowest BCUT2D eigenvalue weighted by Gasteiger charge is -2.43. The highest BCUT2D eigenvalue weighted by Crippen LogP contribution is 2.48. The molecule has 5 unspecified atom stereocenters. The van der Waals surface area contributed by atoms with Gasteiger partial charge in [-0.1, -0.05) is 30.0 Å². The number of aliphatic hydroxyl groups excluding tert-OH is 1. The molecule has 1 saturated carbocycles.